The van der Waals surface area contributed by atoms with E-state index in [0.717, 1.165) is 12.1 Å². The van der Waals surface area contributed by atoms with Gasteiger partial charge in [0.05, 0.1) is 23.3 Å². The van der Waals surface area contributed by atoms with Gasteiger partial charge >= 0.3 is 5.97 Å². The number of hydrogen-bond acceptors (Lipinski definition) is 4. The minimum Gasteiger partial charge on any atom is -0.497 e. The lowest BCUT2D eigenvalue weighted by Crippen LogP contribution is -2.18. The summed E-state index contributed by atoms with van der Waals surface area (Å²) in [6, 6.07) is 6.09. The molecule has 0 fully saturated rings. The van der Waals surface area contributed by atoms with Crippen LogP contribution in [-0.2, 0) is 10.0 Å². The van der Waals surface area contributed by atoms with E-state index in [1.165, 1.54) is 32.2 Å². The van der Waals surface area contributed by atoms with Crippen molar-refractivity contribution in [2.75, 3.05) is 11.8 Å². The predicted octanol–water partition coefficient (Wildman–Crippen LogP) is 2.95. The first-order valence-corrected chi connectivity index (χ1v) is 8.35. The summed E-state index contributed by atoms with van der Waals surface area (Å²) < 4.78 is 45.7. The maximum absolute atomic E-state index is 13.4. The monoisotopic (exact) mass is 353 g/mol. The summed E-state index contributed by atoms with van der Waals surface area (Å²) in [5.74, 6) is -1.73. The molecule has 0 saturated heterocycles. The van der Waals surface area contributed by atoms with Gasteiger partial charge in [-0.15, -0.1) is 0 Å². The average Bonchev–Trinajstić information content (AvgIpc) is 2.50. The van der Waals surface area contributed by atoms with E-state index in [1.54, 1.807) is 6.92 Å². The van der Waals surface area contributed by atoms with Gasteiger partial charge in [0, 0.05) is 0 Å². The number of hydrogen-bond donors (Lipinski definition) is 2. The highest BCUT2D eigenvalue weighted by Gasteiger charge is 2.23. The molecule has 0 atom stereocenters. The average molecular weight is 353 g/mol. The maximum atomic E-state index is 13.4. The standard InChI is InChI=1S/C16H16FNO5S/c1-9-4-5-11(17)7-14(9)24(21,22)18-15-10(2)6-12(23-3)8-13(15)16(19)20/h4-8,18H,1-3H3,(H,19,20). The summed E-state index contributed by atoms with van der Waals surface area (Å²) in [6.07, 6.45) is 0. The first-order chi connectivity index (χ1) is 11.2. The molecule has 0 radical (unpaired) electrons. The van der Waals surface area contributed by atoms with E-state index in [9.17, 15) is 22.7 Å². The van der Waals surface area contributed by atoms with Crippen molar-refractivity contribution in [3.63, 3.8) is 0 Å². The van der Waals surface area contributed by atoms with E-state index >= 15 is 0 Å². The van der Waals surface area contributed by atoms with Gasteiger partial charge in [0.15, 0.2) is 0 Å². The quantitative estimate of drug-likeness (QED) is 0.862. The van der Waals surface area contributed by atoms with Crippen LogP contribution in [0.25, 0.3) is 0 Å². The molecular weight excluding hydrogens is 337 g/mol. The highest BCUT2D eigenvalue weighted by molar-refractivity contribution is 7.92. The summed E-state index contributed by atoms with van der Waals surface area (Å²) in [5, 5.41) is 9.33. The fraction of sp³-hybridized carbons (Fsp3) is 0.188. The lowest BCUT2D eigenvalue weighted by atomic mass is 10.1. The van der Waals surface area contributed by atoms with E-state index in [-0.39, 0.29) is 21.9 Å². The molecule has 8 heteroatoms. The molecule has 0 aromatic heterocycles. The molecule has 0 spiro atoms. The Hall–Kier alpha value is -2.61. The Labute approximate surface area is 138 Å². The molecule has 0 aliphatic rings. The van der Waals surface area contributed by atoms with E-state index in [0.29, 0.717) is 11.1 Å². The fourth-order valence-corrected chi connectivity index (χ4v) is 3.64. The second kappa shape index (κ2) is 6.48. The Balaban J connectivity index is 2.58. The van der Waals surface area contributed by atoms with Crippen LogP contribution in [0.1, 0.15) is 21.5 Å². The molecule has 0 bridgehead atoms. The van der Waals surface area contributed by atoms with Crippen molar-refractivity contribution < 1.29 is 27.4 Å². The number of nitrogens with one attached hydrogen (secondary N) is 1. The van der Waals surface area contributed by atoms with E-state index in [4.69, 9.17) is 4.74 Å². The number of anilines is 1. The Morgan fingerprint density at radius 1 is 1.17 bits per heavy atom. The first kappa shape index (κ1) is 17.7. The summed E-state index contributed by atoms with van der Waals surface area (Å²) in [4.78, 5) is 11.2. The number of carbonyl (C=O) groups is 1. The molecular formula is C16H16FNO5S. The number of ether oxygens (including phenoxy) is 1. The highest BCUT2D eigenvalue weighted by atomic mass is 32.2. The number of aromatic carboxylic acids is 1. The highest BCUT2D eigenvalue weighted by Crippen LogP contribution is 2.29. The summed E-state index contributed by atoms with van der Waals surface area (Å²) in [5.41, 5.74) is 0.354. The van der Waals surface area contributed by atoms with Gasteiger partial charge in [-0.3, -0.25) is 4.72 Å². The van der Waals surface area contributed by atoms with Crippen molar-refractivity contribution >= 4 is 21.7 Å². The Bertz CT molecular complexity index is 909. The smallest absolute Gasteiger partial charge is 0.337 e. The van der Waals surface area contributed by atoms with Crippen molar-refractivity contribution in [2.24, 2.45) is 0 Å². The van der Waals surface area contributed by atoms with Crippen LogP contribution in [0.2, 0.25) is 0 Å². The van der Waals surface area contributed by atoms with Gasteiger partial charge in [0.2, 0.25) is 0 Å². The normalized spacial score (nSPS) is 11.2. The second-order valence-corrected chi connectivity index (χ2v) is 6.84. The maximum Gasteiger partial charge on any atom is 0.337 e. The lowest BCUT2D eigenvalue weighted by Gasteiger charge is -2.15. The number of aryl methyl sites for hydroxylation is 2. The molecule has 6 nitrogen and oxygen atoms in total. The summed E-state index contributed by atoms with van der Waals surface area (Å²) in [6.45, 7) is 3.07. The summed E-state index contributed by atoms with van der Waals surface area (Å²) >= 11 is 0. The van der Waals surface area contributed by atoms with Crippen molar-refractivity contribution in [1.29, 1.82) is 0 Å². The molecule has 128 valence electrons. The Morgan fingerprint density at radius 3 is 2.42 bits per heavy atom. The number of methoxy groups -OCH3 is 1. The van der Waals surface area contributed by atoms with Gasteiger partial charge in [0.1, 0.15) is 11.6 Å². The lowest BCUT2D eigenvalue weighted by molar-refractivity contribution is 0.0697. The molecule has 2 N–H and O–H groups in total. The number of benzene rings is 2. The molecule has 0 aliphatic carbocycles. The van der Waals surface area contributed by atoms with Crippen molar-refractivity contribution in [3.05, 3.63) is 52.8 Å². The molecule has 2 aromatic rings. The molecule has 0 unspecified atom stereocenters. The molecule has 2 aromatic carbocycles. The molecule has 0 saturated carbocycles. The summed E-state index contributed by atoms with van der Waals surface area (Å²) in [7, 11) is -2.78. The van der Waals surface area contributed by atoms with Gasteiger partial charge in [-0.2, -0.15) is 0 Å². The van der Waals surface area contributed by atoms with E-state index in [2.05, 4.69) is 4.72 Å². The third kappa shape index (κ3) is 3.48. The predicted molar refractivity (Wildman–Crippen MR) is 86.6 cm³/mol. The fourth-order valence-electron chi connectivity index (χ4n) is 2.23. The van der Waals surface area contributed by atoms with Crippen LogP contribution in [0, 0.1) is 19.7 Å². The van der Waals surface area contributed by atoms with Crippen molar-refractivity contribution in [1.82, 2.24) is 0 Å². The molecule has 0 amide bonds. The number of sulfonamides is 1. The number of halogens is 1. The van der Waals surface area contributed by atoms with Gasteiger partial charge < -0.3 is 9.84 Å². The van der Waals surface area contributed by atoms with Crippen LogP contribution in [0.15, 0.2) is 35.2 Å². The van der Waals surface area contributed by atoms with Crippen LogP contribution in [-0.4, -0.2) is 26.6 Å². The minimum absolute atomic E-state index is 0.0908. The van der Waals surface area contributed by atoms with Gasteiger partial charge in [-0.25, -0.2) is 17.6 Å². The topological polar surface area (TPSA) is 92.7 Å². The molecule has 2 rings (SSSR count). The van der Waals surface area contributed by atoms with Crippen molar-refractivity contribution in [3.8, 4) is 5.75 Å². The Kier molecular flexibility index (Phi) is 4.79. The van der Waals surface area contributed by atoms with Gasteiger partial charge in [0.25, 0.3) is 10.0 Å². The zero-order valence-corrected chi connectivity index (χ0v) is 14.1. The van der Waals surface area contributed by atoms with Crippen LogP contribution in [0.5, 0.6) is 5.75 Å². The number of carboxylic acid groups (broad SMARTS) is 1. The largest absolute Gasteiger partial charge is 0.497 e. The van der Waals surface area contributed by atoms with Gasteiger partial charge in [-0.1, -0.05) is 6.07 Å². The van der Waals surface area contributed by atoms with Crippen LogP contribution < -0.4 is 9.46 Å². The molecule has 24 heavy (non-hydrogen) atoms. The number of carboxylic acids is 1. The minimum atomic E-state index is -4.16. The molecule has 0 heterocycles. The zero-order valence-electron chi connectivity index (χ0n) is 13.3. The number of rotatable bonds is 5. The molecule has 0 aliphatic heterocycles. The first-order valence-electron chi connectivity index (χ1n) is 6.86. The Morgan fingerprint density at radius 2 is 1.83 bits per heavy atom. The third-order valence-electron chi connectivity index (χ3n) is 3.45. The van der Waals surface area contributed by atoms with E-state index < -0.39 is 21.8 Å². The SMILES string of the molecule is COc1cc(C)c(NS(=O)(=O)c2cc(F)ccc2C)c(C(=O)O)c1. The third-order valence-corrected chi connectivity index (χ3v) is 4.94. The van der Waals surface area contributed by atoms with Crippen LogP contribution in [0.3, 0.4) is 0 Å². The van der Waals surface area contributed by atoms with Crippen LogP contribution >= 0.6 is 0 Å². The van der Waals surface area contributed by atoms with Crippen LogP contribution in [0.4, 0.5) is 10.1 Å². The van der Waals surface area contributed by atoms with Gasteiger partial charge in [-0.05, 0) is 49.2 Å². The van der Waals surface area contributed by atoms with Crippen molar-refractivity contribution in [2.45, 2.75) is 18.7 Å². The zero-order chi connectivity index (χ0) is 18.1. The second-order valence-electron chi connectivity index (χ2n) is 5.19. The van der Waals surface area contributed by atoms with E-state index in [1.807, 2.05) is 0 Å².